The fourth-order valence-electron chi connectivity index (χ4n) is 3.57. The van der Waals surface area contributed by atoms with Crippen molar-refractivity contribution in [2.45, 2.75) is 31.8 Å². The summed E-state index contributed by atoms with van der Waals surface area (Å²) in [5.74, 6) is 0.827. The Labute approximate surface area is 157 Å². The molecule has 0 bridgehead atoms. The number of morpholine rings is 1. The second-order valence-electron chi connectivity index (χ2n) is 6.86. The number of carbonyl (C=O) groups excluding carboxylic acids is 1. The monoisotopic (exact) mass is 372 g/mol. The van der Waals surface area contributed by atoms with E-state index in [0.717, 1.165) is 29.6 Å². The molecule has 7 heteroatoms. The summed E-state index contributed by atoms with van der Waals surface area (Å²) in [6.07, 6.45) is 3.99. The van der Waals surface area contributed by atoms with Gasteiger partial charge in [0.1, 0.15) is 6.10 Å². The van der Waals surface area contributed by atoms with Crippen LogP contribution in [0.1, 0.15) is 42.4 Å². The molecule has 2 fully saturated rings. The molecule has 0 spiro atoms. The molecule has 2 saturated heterocycles. The van der Waals surface area contributed by atoms with Crippen LogP contribution in [0, 0.1) is 0 Å². The van der Waals surface area contributed by atoms with Crippen molar-refractivity contribution < 1.29 is 9.53 Å². The van der Waals surface area contributed by atoms with Crippen LogP contribution in [0.3, 0.4) is 0 Å². The molecule has 2 aromatic heterocycles. The number of carbonyl (C=O) groups is 1. The molecule has 2 aliphatic heterocycles. The minimum atomic E-state index is -0.187. The Morgan fingerprint density at radius 2 is 2.15 bits per heavy atom. The topological polar surface area (TPSA) is 58.6 Å². The van der Waals surface area contributed by atoms with Crippen LogP contribution in [0.15, 0.2) is 29.8 Å². The highest BCUT2D eigenvalue weighted by Gasteiger charge is 2.30. The number of amides is 1. The van der Waals surface area contributed by atoms with E-state index in [1.807, 2.05) is 35.4 Å². The maximum absolute atomic E-state index is 12.9. The number of ether oxygens (including phenoxy) is 1. The third-order valence-corrected chi connectivity index (χ3v) is 6.16. The molecule has 0 N–H and O–H groups in total. The lowest BCUT2D eigenvalue weighted by molar-refractivity contribution is -0.140. The Morgan fingerprint density at radius 3 is 2.92 bits per heavy atom. The molecule has 2 atom stereocenters. The van der Waals surface area contributed by atoms with Crippen molar-refractivity contribution in [2.24, 2.45) is 0 Å². The lowest BCUT2D eigenvalue weighted by Crippen LogP contribution is -2.44. The first-order chi connectivity index (χ1) is 12.7. The third-order valence-electron chi connectivity index (χ3n) is 5.10. The fraction of sp³-hybridized carbons (Fsp3) is 0.526. The number of thiophene rings is 1. The zero-order valence-electron chi connectivity index (χ0n) is 15.0. The van der Waals surface area contributed by atoms with E-state index >= 15 is 0 Å². The van der Waals surface area contributed by atoms with Crippen molar-refractivity contribution in [3.63, 3.8) is 0 Å². The zero-order valence-corrected chi connectivity index (χ0v) is 15.8. The van der Waals surface area contributed by atoms with Gasteiger partial charge in [-0.2, -0.15) is 0 Å². The summed E-state index contributed by atoms with van der Waals surface area (Å²) >= 11 is 1.63. The Kier molecular flexibility index (Phi) is 5.17. The molecule has 0 aliphatic carbocycles. The molecule has 138 valence electrons. The van der Waals surface area contributed by atoms with Gasteiger partial charge in [-0.25, -0.2) is 9.97 Å². The van der Waals surface area contributed by atoms with Crippen LogP contribution in [-0.2, 0) is 9.53 Å². The van der Waals surface area contributed by atoms with Gasteiger partial charge in [-0.05, 0) is 37.3 Å². The standard InChI is InChI=1S/C19H24N4O2S/c1-14(17-5-4-12-26-17)18(24)23-10-11-25-16(13-23)15-6-7-20-19(21-15)22-8-2-3-9-22/h4-7,12,14,16H,2-3,8-11,13H2,1H3/t14-,16-/m0/s1. The van der Waals surface area contributed by atoms with Crippen molar-refractivity contribution in [2.75, 3.05) is 37.7 Å². The quantitative estimate of drug-likeness (QED) is 0.826. The predicted molar refractivity (Wildman–Crippen MR) is 101 cm³/mol. The van der Waals surface area contributed by atoms with E-state index in [2.05, 4.69) is 9.88 Å². The maximum atomic E-state index is 12.9. The summed E-state index contributed by atoms with van der Waals surface area (Å²) in [4.78, 5) is 27.3. The highest BCUT2D eigenvalue weighted by molar-refractivity contribution is 7.10. The lowest BCUT2D eigenvalue weighted by Gasteiger charge is -2.34. The Hall–Kier alpha value is -1.99. The van der Waals surface area contributed by atoms with Gasteiger partial charge in [0.2, 0.25) is 11.9 Å². The summed E-state index contributed by atoms with van der Waals surface area (Å²) in [5, 5.41) is 2.02. The largest absolute Gasteiger partial charge is 0.368 e. The predicted octanol–water partition coefficient (Wildman–Crippen LogP) is 2.84. The minimum absolute atomic E-state index is 0.112. The van der Waals surface area contributed by atoms with E-state index in [4.69, 9.17) is 9.72 Å². The van der Waals surface area contributed by atoms with Gasteiger partial charge < -0.3 is 14.5 Å². The van der Waals surface area contributed by atoms with E-state index in [-0.39, 0.29) is 17.9 Å². The molecule has 0 aromatic carbocycles. The number of hydrogen-bond donors (Lipinski definition) is 0. The van der Waals surface area contributed by atoms with Crippen LogP contribution in [0.5, 0.6) is 0 Å². The first-order valence-corrected chi connectivity index (χ1v) is 10.1. The molecule has 4 heterocycles. The van der Waals surface area contributed by atoms with Gasteiger partial charge in [-0.1, -0.05) is 6.07 Å². The van der Waals surface area contributed by atoms with Gasteiger partial charge in [-0.3, -0.25) is 4.79 Å². The normalized spacial score (nSPS) is 21.8. The van der Waals surface area contributed by atoms with Crippen molar-refractivity contribution in [1.29, 1.82) is 0 Å². The maximum Gasteiger partial charge on any atom is 0.230 e. The van der Waals surface area contributed by atoms with E-state index in [1.165, 1.54) is 12.8 Å². The highest BCUT2D eigenvalue weighted by atomic mass is 32.1. The lowest BCUT2D eigenvalue weighted by atomic mass is 10.1. The van der Waals surface area contributed by atoms with Crippen LogP contribution < -0.4 is 4.90 Å². The van der Waals surface area contributed by atoms with Gasteiger partial charge in [0.15, 0.2) is 0 Å². The molecule has 0 unspecified atom stereocenters. The molecule has 0 saturated carbocycles. The first kappa shape index (κ1) is 17.4. The van der Waals surface area contributed by atoms with Gasteiger partial charge in [0.05, 0.1) is 24.8 Å². The van der Waals surface area contributed by atoms with Crippen LogP contribution in [0.25, 0.3) is 0 Å². The van der Waals surface area contributed by atoms with Gasteiger partial charge in [-0.15, -0.1) is 11.3 Å². The summed E-state index contributed by atoms with van der Waals surface area (Å²) in [6.45, 7) is 5.72. The van der Waals surface area contributed by atoms with E-state index in [9.17, 15) is 4.79 Å². The van der Waals surface area contributed by atoms with E-state index < -0.39 is 0 Å². The fourth-order valence-corrected chi connectivity index (χ4v) is 4.35. The van der Waals surface area contributed by atoms with Crippen LogP contribution in [0.4, 0.5) is 5.95 Å². The molecule has 26 heavy (non-hydrogen) atoms. The smallest absolute Gasteiger partial charge is 0.230 e. The molecule has 2 aliphatic rings. The van der Waals surface area contributed by atoms with E-state index in [0.29, 0.717) is 19.7 Å². The number of aromatic nitrogens is 2. The van der Waals surface area contributed by atoms with Gasteiger partial charge >= 0.3 is 0 Å². The summed E-state index contributed by atoms with van der Waals surface area (Å²) < 4.78 is 5.93. The number of nitrogens with zero attached hydrogens (tertiary/aromatic N) is 4. The van der Waals surface area contributed by atoms with Crippen molar-refractivity contribution in [3.05, 3.63) is 40.3 Å². The molecule has 6 nitrogen and oxygen atoms in total. The Bertz CT molecular complexity index is 746. The third kappa shape index (κ3) is 3.59. The Morgan fingerprint density at radius 1 is 1.31 bits per heavy atom. The van der Waals surface area contributed by atoms with Crippen LogP contribution in [0.2, 0.25) is 0 Å². The molecule has 0 radical (unpaired) electrons. The highest BCUT2D eigenvalue weighted by Crippen LogP contribution is 2.27. The SMILES string of the molecule is C[C@H](C(=O)N1CCO[C@H](c2ccnc(N3CCCC3)n2)C1)c1cccs1. The second-order valence-corrected chi connectivity index (χ2v) is 7.84. The first-order valence-electron chi connectivity index (χ1n) is 9.24. The number of rotatable bonds is 4. The average molecular weight is 372 g/mol. The number of hydrogen-bond acceptors (Lipinski definition) is 6. The molecular weight excluding hydrogens is 348 g/mol. The van der Waals surface area contributed by atoms with Crippen LogP contribution in [-0.4, -0.2) is 53.6 Å². The summed E-state index contributed by atoms with van der Waals surface area (Å²) in [5.41, 5.74) is 0.864. The molecule has 1 amide bonds. The average Bonchev–Trinajstić information content (AvgIpc) is 3.41. The van der Waals surface area contributed by atoms with Crippen molar-refractivity contribution in [3.8, 4) is 0 Å². The summed E-state index contributed by atoms with van der Waals surface area (Å²) in [6, 6.07) is 5.92. The van der Waals surface area contributed by atoms with Gasteiger partial charge in [0, 0.05) is 30.7 Å². The van der Waals surface area contributed by atoms with Crippen molar-refractivity contribution in [1.82, 2.24) is 14.9 Å². The molecule has 2 aromatic rings. The van der Waals surface area contributed by atoms with E-state index in [1.54, 1.807) is 17.5 Å². The summed E-state index contributed by atoms with van der Waals surface area (Å²) in [7, 11) is 0. The number of anilines is 1. The Balaban J connectivity index is 1.46. The second kappa shape index (κ2) is 7.72. The minimum Gasteiger partial charge on any atom is -0.368 e. The molecular formula is C19H24N4O2S. The molecule has 4 rings (SSSR count). The zero-order chi connectivity index (χ0) is 17.9. The van der Waals surface area contributed by atoms with Crippen LogP contribution >= 0.6 is 11.3 Å². The van der Waals surface area contributed by atoms with Gasteiger partial charge in [0.25, 0.3) is 0 Å². The van der Waals surface area contributed by atoms with Crippen molar-refractivity contribution >= 4 is 23.2 Å².